The highest BCUT2D eigenvalue weighted by molar-refractivity contribution is 5.97. The molecule has 2 aromatic carbocycles. The molecular formula is C22H23F3N2O6. The van der Waals surface area contributed by atoms with Crippen LogP contribution in [-0.4, -0.2) is 44.1 Å². The van der Waals surface area contributed by atoms with Gasteiger partial charge >= 0.3 is 12.1 Å². The van der Waals surface area contributed by atoms with Gasteiger partial charge in [-0.3, -0.25) is 14.4 Å². The lowest BCUT2D eigenvalue weighted by molar-refractivity contribution is -0.146. The molecule has 0 aliphatic rings. The van der Waals surface area contributed by atoms with Gasteiger partial charge in [0.25, 0.3) is 11.8 Å². The van der Waals surface area contributed by atoms with Gasteiger partial charge in [-0.2, -0.15) is 13.2 Å². The van der Waals surface area contributed by atoms with Crippen LogP contribution in [0.15, 0.2) is 42.5 Å². The third-order valence-corrected chi connectivity index (χ3v) is 4.04. The van der Waals surface area contributed by atoms with Crippen molar-refractivity contribution in [3.8, 4) is 11.5 Å². The smallest absolute Gasteiger partial charge is 0.416 e. The molecule has 2 rings (SSSR count). The van der Waals surface area contributed by atoms with E-state index in [0.717, 1.165) is 18.2 Å². The number of amides is 2. The molecule has 0 bridgehead atoms. The fourth-order valence-electron chi connectivity index (χ4n) is 2.61. The average Bonchev–Trinajstić information content (AvgIpc) is 2.77. The van der Waals surface area contributed by atoms with E-state index >= 15 is 0 Å². The first-order valence-corrected chi connectivity index (χ1v) is 9.94. The van der Waals surface area contributed by atoms with E-state index in [9.17, 15) is 27.6 Å². The second kappa shape index (κ2) is 11.7. The molecular weight excluding hydrogens is 445 g/mol. The molecule has 8 nitrogen and oxygen atoms in total. The molecule has 0 aliphatic carbocycles. The molecule has 0 aliphatic heterocycles. The van der Waals surface area contributed by atoms with E-state index < -0.39 is 42.7 Å². The molecule has 2 aromatic rings. The lowest BCUT2D eigenvalue weighted by atomic mass is 10.2. The Morgan fingerprint density at radius 1 is 0.939 bits per heavy atom. The maximum absolute atomic E-state index is 12.7. The molecule has 0 spiro atoms. The first kappa shape index (κ1) is 25.5. The SMILES string of the molecule is CCOc1ccc(C(=O)NCC(=O)OCC(=O)Nc2cccc(C(F)(F)F)c2)cc1OCC. The van der Waals surface area contributed by atoms with Gasteiger partial charge in [-0.05, 0) is 50.2 Å². The Balaban J connectivity index is 1.83. The topological polar surface area (TPSA) is 103 Å². The highest BCUT2D eigenvalue weighted by Crippen LogP contribution is 2.30. The summed E-state index contributed by atoms with van der Waals surface area (Å²) in [5.74, 6) is -1.47. The molecule has 0 atom stereocenters. The van der Waals surface area contributed by atoms with E-state index in [1.165, 1.54) is 18.2 Å². The second-order valence-corrected chi connectivity index (χ2v) is 6.50. The summed E-state index contributed by atoms with van der Waals surface area (Å²) in [5, 5.41) is 4.56. The summed E-state index contributed by atoms with van der Waals surface area (Å²) in [7, 11) is 0. The number of anilines is 1. The number of halogens is 3. The summed E-state index contributed by atoms with van der Waals surface area (Å²) in [5.41, 5.74) is -0.807. The molecule has 0 saturated carbocycles. The van der Waals surface area contributed by atoms with E-state index in [-0.39, 0.29) is 11.3 Å². The summed E-state index contributed by atoms with van der Waals surface area (Å²) in [6, 6.07) is 8.56. The van der Waals surface area contributed by atoms with Crippen LogP contribution in [0.1, 0.15) is 29.8 Å². The van der Waals surface area contributed by atoms with Crippen molar-refractivity contribution >= 4 is 23.5 Å². The number of nitrogens with one attached hydrogen (secondary N) is 2. The van der Waals surface area contributed by atoms with Gasteiger partial charge in [0.2, 0.25) is 0 Å². The van der Waals surface area contributed by atoms with Crippen molar-refractivity contribution in [2.45, 2.75) is 20.0 Å². The van der Waals surface area contributed by atoms with Crippen LogP contribution in [-0.2, 0) is 20.5 Å². The molecule has 11 heteroatoms. The highest BCUT2D eigenvalue weighted by Gasteiger charge is 2.30. The highest BCUT2D eigenvalue weighted by atomic mass is 19.4. The van der Waals surface area contributed by atoms with Crippen LogP contribution in [0, 0.1) is 0 Å². The fourth-order valence-corrected chi connectivity index (χ4v) is 2.61. The minimum atomic E-state index is -4.56. The van der Waals surface area contributed by atoms with Crippen molar-refractivity contribution in [2.24, 2.45) is 0 Å². The van der Waals surface area contributed by atoms with Crippen LogP contribution < -0.4 is 20.1 Å². The summed E-state index contributed by atoms with van der Waals surface area (Å²) in [6.45, 7) is 3.11. The van der Waals surface area contributed by atoms with Gasteiger partial charge in [0.05, 0.1) is 18.8 Å². The Labute approximate surface area is 188 Å². The molecule has 0 heterocycles. The number of alkyl halides is 3. The van der Waals surface area contributed by atoms with Gasteiger partial charge in [-0.25, -0.2) is 0 Å². The molecule has 0 unspecified atom stereocenters. The molecule has 0 radical (unpaired) electrons. The third-order valence-electron chi connectivity index (χ3n) is 4.04. The van der Waals surface area contributed by atoms with Crippen LogP contribution in [0.5, 0.6) is 11.5 Å². The lowest BCUT2D eigenvalue weighted by Gasteiger charge is -2.12. The normalized spacial score (nSPS) is 10.8. The molecule has 0 saturated heterocycles. The Kier molecular flexibility index (Phi) is 9.08. The van der Waals surface area contributed by atoms with Crippen molar-refractivity contribution < 1.29 is 41.8 Å². The molecule has 0 aromatic heterocycles. The quantitative estimate of drug-likeness (QED) is 0.518. The zero-order chi connectivity index (χ0) is 24.4. The number of rotatable bonds is 10. The van der Waals surface area contributed by atoms with Crippen LogP contribution in [0.3, 0.4) is 0 Å². The largest absolute Gasteiger partial charge is 0.490 e. The van der Waals surface area contributed by atoms with Gasteiger partial charge < -0.3 is 24.8 Å². The Morgan fingerprint density at radius 3 is 2.30 bits per heavy atom. The summed E-state index contributed by atoms with van der Waals surface area (Å²) in [4.78, 5) is 35.9. The first-order valence-electron chi connectivity index (χ1n) is 9.94. The standard InChI is InChI=1S/C22H23F3N2O6/c1-3-31-17-9-8-14(10-18(17)32-4-2)21(30)26-12-20(29)33-13-19(28)27-16-7-5-6-15(11-16)22(23,24)25/h5-11H,3-4,12-13H2,1-2H3,(H,26,30)(H,27,28). The van der Waals surface area contributed by atoms with Gasteiger partial charge in [0.15, 0.2) is 18.1 Å². The van der Waals surface area contributed by atoms with Gasteiger partial charge in [0, 0.05) is 11.3 Å². The average molecular weight is 468 g/mol. The predicted molar refractivity (Wildman–Crippen MR) is 112 cm³/mol. The van der Waals surface area contributed by atoms with Crippen molar-refractivity contribution in [1.29, 1.82) is 0 Å². The summed E-state index contributed by atoms with van der Waals surface area (Å²) < 4.78 is 53.8. The van der Waals surface area contributed by atoms with Crippen molar-refractivity contribution in [2.75, 3.05) is 31.7 Å². The number of carbonyl (C=O) groups excluding carboxylic acids is 3. The number of hydrogen-bond donors (Lipinski definition) is 2. The van der Waals surface area contributed by atoms with Crippen molar-refractivity contribution in [3.63, 3.8) is 0 Å². The predicted octanol–water partition coefficient (Wildman–Crippen LogP) is 3.41. The Hall–Kier alpha value is -3.76. The van der Waals surface area contributed by atoms with Crippen molar-refractivity contribution in [3.05, 3.63) is 53.6 Å². The van der Waals surface area contributed by atoms with Gasteiger partial charge in [0.1, 0.15) is 6.54 Å². The van der Waals surface area contributed by atoms with E-state index in [1.807, 2.05) is 6.92 Å². The van der Waals surface area contributed by atoms with E-state index in [1.54, 1.807) is 13.0 Å². The van der Waals surface area contributed by atoms with Crippen LogP contribution in [0.2, 0.25) is 0 Å². The summed E-state index contributed by atoms with van der Waals surface area (Å²) in [6.07, 6.45) is -4.56. The Bertz CT molecular complexity index is 994. The number of benzene rings is 2. The van der Waals surface area contributed by atoms with Gasteiger partial charge in [-0.15, -0.1) is 0 Å². The van der Waals surface area contributed by atoms with E-state index in [4.69, 9.17) is 14.2 Å². The monoisotopic (exact) mass is 468 g/mol. The molecule has 0 fully saturated rings. The van der Waals surface area contributed by atoms with E-state index in [2.05, 4.69) is 10.6 Å². The molecule has 178 valence electrons. The third kappa shape index (κ3) is 8.02. The number of esters is 1. The number of carbonyl (C=O) groups is 3. The summed E-state index contributed by atoms with van der Waals surface area (Å²) >= 11 is 0. The Morgan fingerprint density at radius 2 is 1.64 bits per heavy atom. The fraction of sp³-hybridized carbons (Fsp3) is 0.318. The van der Waals surface area contributed by atoms with Crippen molar-refractivity contribution in [1.82, 2.24) is 5.32 Å². The number of ether oxygens (including phenoxy) is 3. The maximum Gasteiger partial charge on any atom is 0.416 e. The zero-order valence-corrected chi connectivity index (χ0v) is 18.0. The van der Waals surface area contributed by atoms with Crippen LogP contribution in [0.4, 0.5) is 18.9 Å². The minimum Gasteiger partial charge on any atom is -0.490 e. The second-order valence-electron chi connectivity index (χ2n) is 6.50. The maximum atomic E-state index is 12.7. The van der Waals surface area contributed by atoms with E-state index in [0.29, 0.717) is 24.7 Å². The van der Waals surface area contributed by atoms with Gasteiger partial charge in [-0.1, -0.05) is 6.07 Å². The zero-order valence-electron chi connectivity index (χ0n) is 18.0. The molecule has 2 amide bonds. The van der Waals surface area contributed by atoms with Crippen LogP contribution >= 0.6 is 0 Å². The minimum absolute atomic E-state index is 0.0974. The molecule has 33 heavy (non-hydrogen) atoms. The first-order chi connectivity index (χ1) is 15.6. The lowest BCUT2D eigenvalue weighted by Crippen LogP contribution is -2.32. The number of hydrogen-bond acceptors (Lipinski definition) is 6. The molecule has 2 N–H and O–H groups in total. The van der Waals surface area contributed by atoms with Crippen LogP contribution in [0.25, 0.3) is 0 Å².